The predicted octanol–water partition coefficient (Wildman–Crippen LogP) is 5.24. The highest BCUT2D eigenvalue weighted by molar-refractivity contribution is 7.80. The van der Waals surface area contributed by atoms with E-state index in [9.17, 15) is 14.9 Å². The van der Waals surface area contributed by atoms with Crippen LogP contribution in [0.25, 0.3) is 21.5 Å². The first kappa shape index (κ1) is 20.0. The Hall–Kier alpha value is -3.34. The molecule has 2 aromatic heterocycles. The van der Waals surface area contributed by atoms with E-state index in [2.05, 4.69) is 15.6 Å². The second-order valence-corrected chi connectivity index (χ2v) is 7.83. The fourth-order valence-electron chi connectivity index (χ4n) is 2.65. The van der Waals surface area contributed by atoms with Crippen molar-refractivity contribution in [2.24, 2.45) is 0 Å². The number of furan rings is 1. The van der Waals surface area contributed by atoms with Crippen LogP contribution < -0.4 is 10.6 Å². The van der Waals surface area contributed by atoms with Gasteiger partial charge in [0.05, 0.1) is 14.6 Å². The lowest BCUT2D eigenvalue weighted by atomic mass is 10.1. The van der Waals surface area contributed by atoms with Crippen LogP contribution in [-0.4, -0.2) is 20.9 Å². The minimum Gasteiger partial charge on any atom is -0.451 e. The number of thiazole rings is 1. The number of nitro benzene ring substituents is 1. The molecule has 0 aliphatic carbocycles. The van der Waals surface area contributed by atoms with Gasteiger partial charge in [-0.25, -0.2) is 4.98 Å². The summed E-state index contributed by atoms with van der Waals surface area (Å²) in [4.78, 5) is 27.2. The summed E-state index contributed by atoms with van der Waals surface area (Å²) >= 11 is 12.6. The fraction of sp³-hybridized carbons (Fsp3) is 0. The summed E-state index contributed by atoms with van der Waals surface area (Å²) in [5.74, 6) is -0.236. The van der Waals surface area contributed by atoms with Gasteiger partial charge >= 0.3 is 0 Å². The number of halogens is 1. The van der Waals surface area contributed by atoms with Crippen LogP contribution in [0, 0.1) is 10.1 Å². The topological polar surface area (TPSA) is 110 Å². The number of nitrogens with zero attached hydrogens (tertiary/aromatic N) is 2. The van der Waals surface area contributed by atoms with Crippen molar-refractivity contribution in [3.63, 3.8) is 0 Å². The van der Waals surface area contributed by atoms with E-state index in [1.807, 2.05) is 12.1 Å². The maximum absolute atomic E-state index is 12.4. The Balaban J connectivity index is 1.45. The van der Waals surface area contributed by atoms with E-state index >= 15 is 0 Å². The van der Waals surface area contributed by atoms with Crippen LogP contribution in [-0.2, 0) is 0 Å². The molecular weight excluding hydrogens is 448 g/mol. The molecule has 2 heterocycles. The average Bonchev–Trinajstić information content (AvgIpc) is 3.36. The molecule has 4 aromatic rings. The van der Waals surface area contributed by atoms with Crippen molar-refractivity contribution in [2.75, 3.05) is 5.32 Å². The van der Waals surface area contributed by atoms with Gasteiger partial charge in [-0.3, -0.25) is 20.2 Å². The number of para-hydroxylation sites is 1. The van der Waals surface area contributed by atoms with Crippen LogP contribution in [0.15, 0.2) is 59.0 Å². The number of rotatable bonds is 4. The zero-order valence-corrected chi connectivity index (χ0v) is 17.3. The number of nitrogens with one attached hydrogen (secondary N) is 2. The lowest BCUT2D eigenvalue weighted by molar-refractivity contribution is -0.384. The second-order valence-electron chi connectivity index (χ2n) is 5.99. The van der Waals surface area contributed by atoms with E-state index in [1.165, 1.54) is 29.5 Å². The number of aromatic nitrogens is 1. The quantitative estimate of drug-likeness (QED) is 0.244. The summed E-state index contributed by atoms with van der Waals surface area (Å²) in [6, 6.07) is 14.4. The Morgan fingerprint density at radius 2 is 2.00 bits per heavy atom. The number of hydrogen-bond donors (Lipinski definition) is 2. The number of nitro groups is 1. The SMILES string of the molecule is O=C(NC(=S)Nc1nc2c(Cl)cccc2s1)c1ccc(-c2cccc([N+](=O)[O-])c2)o1. The van der Waals surface area contributed by atoms with Gasteiger partial charge in [-0.05, 0) is 36.5 Å². The summed E-state index contributed by atoms with van der Waals surface area (Å²) in [5, 5.41) is 17.3. The molecule has 0 aliphatic heterocycles. The summed E-state index contributed by atoms with van der Waals surface area (Å²) in [5.41, 5.74) is 1.06. The van der Waals surface area contributed by atoms with Crippen LogP contribution >= 0.6 is 35.2 Å². The fourth-order valence-corrected chi connectivity index (χ4v) is 4.07. The van der Waals surface area contributed by atoms with Crippen molar-refractivity contribution in [1.29, 1.82) is 0 Å². The molecule has 0 unspecified atom stereocenters. The summed E-state index contributed by atoms with van der Waals surface area (Å²) < 4.78 is 6.41. The molecule has 0 fully saturated rings. The zero-order chi connectivity index (χ0) is 21.3. The highest BCUT2D eigenvalue weighted by Gasteiger charge is 2.16. The number of carbonyl (C=O) groups excluding carboxylic acids is 1. The van der Waals surface area contributed by atoms with E-state index in [0.717, 1.165) is 4.70 Å². The molecule has 0 radical (unpaired) electrons. The van der Waals surface area contributed by atoms with Gasteiger partial charge in [0.1, 0.15) is 11.3 Å². The zero-order valence-electron chi connectivity index (χ0n) is 14.9. The van der Waals surface area contributed by atoms with Crippen LogP contribution in [0.3, 0.4) is 0 Å². The van der Waals surface area contributed by atoms with Crippen molar-refractivity contribution in [3.8, 4) is 11.3 Å². The van der Waals surface area contributed by atoms with Gasteiger partial charge in [-0.15, -0.1) is 0 Å². The molecule has 0 spiro atoms. The highest BCUT2D eigenvalue weighted by Crippen LogP contribution is 2.30. The normalized spacial score (nSPS) is 10.7. The van der Waals surface area contributed by atoms with Crippen molar-refractivity contribution < 1.29 is 14.1 Å². The van der Waals surface area contributed by atoms with Crippen LogP contribution in [0.2, 0.25) is 5.02 Å². The maximum atomic E-state index is 12.4. The molecule has 1 amide bonds. The monoisotopic (exact) mass is 458 g/mol. The number of non-ortho nitro benzene ring substituents is 1. The van der Waals surface area contributed by atoms with E-state index in [4.69, 9.17) is 28.2 Å². The van der Waals surface area contributed by atoms with Gasteiger partial charge in [0.15, 0.2) is 16.0 Å². The molecular formula is C19H11ClN4O4S2. The van der Waals surface area contributed by atoms with Gasteiger partial charge in [0.2, 0.25) is 0 Å². The smallest absolute Gasteiger partial charge is 0.293 e. The Kier molecular flexibility index (Phi) is 5.44. The Morgan fingerprint density at radius 3 is 2.77 bits per heavy atom. The molecule has 2 aromatic carbocycles. The predicted molar refractivity (Wildman–Crippen MR) is 119 cm³/mol. The molecule has 0 saturated carbocycles. The molecule has 0 aliphatic rings. The molecule has 4 rings (SSSR count). The van der Waals surface area contributed by atoms with Gasteiger partial charge < -0.3 is 9.73 Å². The lowest BCUT2D eigenvalue weighted by Gasteiger charge is -2.05. The Labute approximate surface area is 183 Å². The third-order valence-corrected chi connectivity index (χ3v) is 5.43. The van der Waals surface area contributed by atoms with Gasteiger partial charge in [-0.1, -0.05) is 41.1 Å². The third-order valence-electron chi connectivity index (χ3n) is 3.99. The first-order chi connectivity index (χ1) is 14.4. The van der Waals surface area contributed by atoms with Gasteiger partial charge in [0, 0.05) is 17.7 Å². The lowest BCUT2D eigenvalue weighted by Crippen LogP contribution is -2.33. The second kappa shape index (κ2) is 8.19. The minimum absolute atomic E-state index is 0.00741. The molecule has 0 saturated heterocycles. The number of hydrogen-bond acceptors (Lipinski definition) is 7. The number of thiocarbonyl (C=S) groups is 1. The van der Waals surface area contributed by atoms with Crippen LogP contribution in [0.5, 0.6) is 0 Å². The van der Waals surface area contributed by atoms with Crippen molar-refractivity contribution >= 4 is 67.2 Å². The van der Waals surface area contributed by atoms with E-state index in [1.54, 1.807) is 24.3 Å². The first-order valence-electron chi connectivity index (χ1n) is 8.43. The first-order valence-corrected chi connectivity index (χ1v) is 10.0. The standard InChI is InChI=1S/C19H11ClN4O4S2/c20-12-5-2-6-15-16(12)21-19(30-15)23-18(29)22-17(25)14-8-7-13(28-14)10-3-1-4-11(9-10)24(26)27/h1-9H,(H2,21,22,23,25,29). The van der Waals surface area contributed by atoms with Crippen molar-refractivity contribution in [3.05, 3.63) is 75.5 Å². The van der Waals surface area contributed by atoms with Gasteiger partial charge in [-0.2, -0.15) is 0 Å². The Bertz CT molecular complexity index is 1300. The molecule has 0 bridgehead atoms. The van der Waals surface area contributed by atoms with E-state index < -0.39 is 10.8 Å². The van der Waals surface area contributed by atoms with E-state index in [0.29, 0.717) is 27.0 Å². The Morgan fingerprint density at radius 1 is 1.20 bits per heavy atom. The maximum Gasteiger partial charge on any atom is 0.293 e. The van der Waals surface area contributed by atoms with Crippen LogP contribution in [0.4, 0.5) is 10.8 Å². The largest absolute Gasteiger partial charge is 0.451 e. The van der Waals surface area contributed by atoms with Crippen molar-refractivity contribution in [2.45, 2.75) is 0 Å². The van der Waals surface area contributed by atoms with E-state index in [-0.39, 0.29) is 16.6 Å². The summed E-state index contributed by atoms with van der Waals surface area (Å²) in [6.07, 6.45) is 0. The molecule has 0 atom stereocenters. The summed E-state index contributed by atoms with van der Waals surface area (Å²) in [7, 11) is 0. The number of fused-ring (bicyclic) bond motifs is 1. The molecule has 8 nitrogen and oxygen atoms in total. The highest BCUT2D eigenvalue weighted by atomic mass is 35.5. The molecule has 30 heavy (non-hydrogen) atoms. The van der Waals surface area contributed by atoms with Gasteiger partial charge in [0.25, 0.3) is 11.6 Å². The summed E-state index contributed by atoms with van der Waals surface area (Å²) in [6.45, 7) is 0. The third kappa shape index (κ3) is 4.15. The van der Waals surface area contributed by atoms with Crippen LogP contribution in [0.1, 0.15) is 10.6 Å². The molecule has 2 N–H and O–H groups in total. The molecule has 150 valence electrons. The van der Waals surface area contributed by atoms with Crippen molar-refractivity contribution in [1.82, 2.24) is 10.3 Å². The molecule has 11 heteroatoms. The number of carbonyl (C=O) groups is 1. The number of benzene rings is 2. The number of anilines is 1. The average molecular weight is 459 g/mol. The number of amides is 1. The minimum atomic E-state index is -0.566.